The maximum Gasteiger partial charge on any atom is 0.109 e. The SMILES string of the molecule is CNC1CCC2(CC1)O[C@H](c1ccccc1)c1ccccc12.Cl. The minimum atomic E-state index is -0.0789. The predicted molar refractivity (Wildman–Crippen MR) is 96.1 cm³/mol. The Morgan fingerprint density at radius 2 is 1.61 bits per heavy atom. The first-order valence-corrected chi connectivity index (χ1v) is 8.32. The Morgan fingerprint density at radius 3 is 2.30 bits per heavy atom. The molecule has 1 atom stereocenters. The average molecular weight is 330 g/mol. The molecule has 4 rings (SSSR count). The van der Waals surface area contributed by atoms with Crippen LogP contribution in [-0.4, -0.2) is 13.1 Å². The van der Waals surface area contributed by atoms with Gasteiger partial charge >= 0.3 is 0 Å². The van der Waals surface area contributed by atoms with Gasteiger partial charge in [-0.2, -0.15) is 0 Å². The van der Waals surface area contributed by atoms with Crippen molar-refractivity contribution >= 4 is 12.4 Å². The molecule has 23 heavy (non-hydrogen) atoms. The van der Waals surface area contributed by atoms with E-state index in [9.17, 15) is 0 Å². The molecule has 1 N–H and O–H groups in total. The number of benzene rings is 2. The molecule has 2 aromatic carbocycles. The van der Waals surface area contributed by atoms with Gasteiger partial charge in [-0.05, 0) is 49.4 Å². The Bertz CT molecular complexity index is 650. The summed E-state index contributed by atoms with van der Waals surface area (Å²) in [5, 5.41) is 3.42. The third-order valence-corrected chi connectivity index (χ3v) is 5.38. The molecule has 0 radical (unpaired) electrons. The van der Waals surface area contributed by atoms with E-state index >= 15 is 0 Å². The van der Waals surface area contributed by atoms with Crippen LogP contribution in [0.3, 0.4) is 0 Å². The highest BCUT2D eigenvalue weighted by Crippen LogP contribution is 2.52. The van der Waals surface area contributed by atoms with Crippen LogP contribution in [0.5, 0.6) is 0 Å². The molecule has 0 unspecified atom stereocenters. The molecule has 1 aliphatic carbocycles. The molecular formula is C20H24ClNO. The van der Waals surface area contributed by atoms with Crippen LogP contribution in [0.15, 0.2) is 54.6 Å². The molecule has 2 aliphatic rings. The van der Waals surface area contributed by atoms with Crippen molar-refractivity contribution in [3.8, 4) is 0 Å². The molecule has 122 valence electrons. The maximum atomic E-state index is 6.71. The summed E-state index contributed by atoms with van der Waals surface area (Å²) in [6.07, 6.45) is 4.68. The van der Waals surface area contributed by atoms with E-state index in [1.54, 1.807) is 0 Å². The number of rotatable bonds is 2. The normalized spacial score (nSPS) is 29.1. The Kier molecular flexibility index (Phi) is 4.77. The van der Waals surface area contributed by atoms with Gasteiger partial charge in [-0.1, -0.05) is 54.6 Å². The quantitative estimate of drug-likeness (QED) is 0.870. The van der Waals surface area contributed by atoms with Crippen molar-refractivity contribution in [3.63, 3.8) is 0 Å². The van der Waals surface area contributed by atoms with Gasteiger partial charge in [0.05, 0.1) is 5.60 Å². The van der Waals surface area contributed by atoms with Gasteiger partial charge in [0.2, 0.25) is 0 Å². The molecule has 0 aromatic heterocycles. The second kappa shape index (κ2) is 6.64. The summed E-state index contributed by atoms with van der Waals surface area (Å²) >= 11 is 0. The standard InChI is InChI=1S/C20H23NO.ClH/c1-21-16-11-13-20(14-12-16)18-10-6-5-9-17(18)19(22-20)15-7-3-2-4-8-15;/h2-10,16,19,21H,11-14H2,1H3;1H/t16?,19-,20?;/m1./s1. The zero-order chi connectivity index (χ0) is 15.0. The van der Waals surface area contributed by atoms with Crippen LogP contribution in [0, 0.1) is 0 Å². The van der Waals surface area contributed by atoms with Gasteiger partial charge < -0.3 is 10.1 Å². The average Bonchev–Trinajstić information content (AvgIpc) is 2.91. The fourth-order valence-corrected chi connectivity index (χ4v) is 4.13. The van der Waals surface area contributed by atoms with Gasteiger partial charge in [-0.3, -0.25) is 0 Å². The smallest absolute Gasteiger partial charge is 0.109 e. The molecule has 1 spiro atoms. The zero-order valence-electron chi connectivity index (χ0n) is 13.5. The lowest BCUT2D eigenvalue weighted by molar-refractivity contribution is -0.0878. The summed E-state index contributed by atoms with van der Waals surface area (Å²) < 4.78 is 6.71. The third-order valence-electron chi connectivity index (χ3n) is 5.38. The van der Waals surface area contributed by atoms with Crippen molar-refractivity contribution in [2.24, 2.45) is 0 Å². The second-order valence-corrected chi connectivity index (χ2v) is 6.55. The lowest BCUT2D eigenvalue weighted by Gasteiger charge is -2.37. The van der Waals surface area contributed by atoms with Crippen LogP contribution in [0.4, 0.5) is 0 Å². The Hall–Kier alpha value is -1.35. The third kappa shape index (κ3) is 2.80. The molecule has 1 fully saturated rings. The van der Waals surface area contributed by atoms with Crippen LogP contribution < -0.4 is 5.32 Å². The van der Waals surface area contributed by atoms with E-state index in [0.29, 0.717) is 6.04 Å². The van der Waals surface area contributed by atoms with E-state index in [4.69, 9.17) is 4.74 Å². The van der Waals surface area contributed by atoms with Gasteiger partial charge in [-0.25, -0.2) is 0 Å². The molecule has 0 saturated heterocycles. The fraction of sp³-hybridized carbons (Fsp3) is 0.400. The van der Waals surface area contributed by atoms with E-state index in [1.807, 2.05) is 0 Å². The molecule has 0 bridgehead atoms. The number of fused-ring (bicyclic) bond motifs is 2. The minimum Gasteiger partial charge on any atom is -0.358 e. The predicted octanol–water partition coefficient (Wildman–Crippen LogP) is 4.59. The number of halogens is 1. The molecule has 3 heteroatoms. The van der Waals surface area contributed by atoms with E-state index in [-0.39, 0.29) is 24.1 Å². The first-order chi connectivity index (χ1) is 10.8. The van der Waals surface area contributed by atoms with E-state index in [0.717, 1.165) is 12.8 Å². The van der Waals surface area contributed by atoms with E-state index in [1.165, 1.54) is 29.5 Å². The van der Waals surface area contributed by atoms with Gasteiger partial charge in [-0.15, -0.1) is 12.4 Å². The molecule has 1 saturated carbocycles. The van der Waals surface area contributed by atoms with Crippen LogP contribution in [0.1, 0.15) is 48.5 Å². The van der Waals surface area contributed by atoms with Crippen LogP contribution in [0.25, 0.3) is 0 Å². The van der Waals surface area contributed by atoms with Crippen molar-refractivity contribution in [1.82, 2.24) is 5.32 Å². The summed E-state index contributed by atoms with van der Waals surface area (Å²) in [4.78, 5) is 0. The van der Waals surface area contributed by atoms with Crippen molar-refractivity contribution in [2.75, 3.05) is 7.05 Å². The minimum absolute atomic E-state index is 0. The summed E-state index contributed by atoms with van der Waals surface area (Å²) in [5.74, 6) is 0. The molecule has 0 amide bonds. The summed E-state index contributed by atoms with van der Waals surface area (Å²) in [6.45, 7) is 0. The second-order valence-electron chi connectivity index (χ2n) is 6.55. The van der Waals surface area contributed by atoms with Gasteiger partial charge in [0.15, 0.2) is 0 Å². The highest BCUT2D eigenvalue weighted by Gasteiger charge is 2.46. The highest BCUT2D eigenvalue weighted by atomic mass is 35.5. The zero-order valence-corrected chi connectivity index (χ0v) is 14.3. The fourth-order valence-electron chi connectivity index (χ4n) is 4.13. The van der Waals surface area contributed by atoms with Crippen molar-refractivity contribution in [1.29, 1.82) is 0 Å². The summed E-state index contributed by atoms with van der Waals surface area (Å²) in [6, 6.07) is 20.1. The Balaban J connectivity index is 0.00000156. The van der Waals surface area contributed by atoms with Crippen LogP contribution in [-0.2, 0) is 10.3 Å². The molecule has 1 aliphatic heterocycles. The molecule has 2 aromatic rings. The van der Waals surface area contributed by atoms with Crippen LogP contribution >= 0.6 is 12.4 Å². The maximum absolute atomic E-state index is 6.71. The number of hydrogen-bond acceptors (Lipinski definition) is 2. The van der Waals surface area contributed by atoms with Crippen molar-refractivity contribution < 1.29 is 4.74 Å². The number of ether oxygens (including phenoxy) is 1. The first-order valence-electron chi connectivity index (χ1n) is 8.32. The topological polar surface area (TPSA) is 21.3 Å². The summed E-state index contributed by atoms with van der Waals surface area (Å²) in [7, 11) is 2.07. The van der Waals surface area contributed by atoms with Crippen molar-refractivity contribution in [2.45, 2.75) is 43.4 Å². The highest BCUT2D eigenvalue weighted by molar-refractivity contribution is 5.85. The number of hydrogen-bond donors (Lipinski definition) is 1. The molecule has 1 heterocycles. The van der Waals surface area contributed by atoms with E-state index < -0.39 is 0 Å². The lowest BCUT2D eigenvalue weighted by Crippen LogP contribution is -2.38. The lowest BCUT2D eigenvalue weighted by atomic mass is 9.77. The van der Waals surface area contributed by atoms with Crippen LogP contribution in [0.2, 0.25) is 0 Å². The van der Waals surface area contributed by atoms with Gasteiger partial charge in [0.1, 0.15) is 6.10 Å². The van der Waals surface area contributed by atoms with Gasteiger partial charge in [0.25, 0.3) is 0 Å². The Labute approximate surface area is 144 Å². The van der Waals surface area contributed by atoms with Crippen molar-refractivity contribution in [3.05, 3.63) is 71.3 Å². The Morgan fingerprint density at radius 1 is 0.957 bits per heavy atom. The molecular weight excluding hydrogens is 306 g/mol. The van der Waals surface area contributed by atoms with Gasteiger partial charge in [0, 0.05) is 6.04 Å². The summed E-state index contributed by atoms with van der Waals surface area (Å²) in [5.41, 5.74) is 3.96. The van der Waals surface area contributed by atoms with E-state index in [2.05, 4.69) is 67.0 Å². The monoisotopic (exact) mass is 329 g/mol. The largest absolute Gasteiger partial charge is 0.358 e. The molecule has 2 nitrogen and oxygen atoms in total. The number of nitrogens with one attached hydrogen (secondary N) is 1. The first kappa shape index (κ1) is 16.5.